The van der Waals surface area contributed by atoms with Crippen LogP contribution in [0, 0.1) is 11.3 Å². The number of aromatic nitrogens is 3. The fourth-order valence-electron chi connectivity index (χ4n) is 3.56. The molecular formula is C18H16ClN5O. The number of hydrogen-bond donors (Lipinski definition) is 1. The first kappa shape index (κ1) is 15.7. The Kier molecular flexibility index (Phi) is 3.55. The van der Waals surface area contributed by atoms with Crippen LogP contribution >= 0.6 is 11.6 Å². The third-order valence-electron chi connectivity index (χ3n) is 4.79. The van der Waals surface area contributed by atoms with Crippen molar-refractivity contribution in [1.82, 2.24) is 19.4 Å². The molecule has 0 aliphatic carbocycles. The minimum atomic E-state index is -0.169. The van der Waals surface area contributed by atoms with Gasteiger partial charge in [0, 0.05) is 18.3 Å². The number of para-hydroxylation sites is 1. The van der Waals surface area contributed by atoms with Crippen molar-refractivity contribution < 1.29 is 4.79 Å². The van der Waals surface area contributed by atoms with Gasteiger partial charge in [0.15, 0.2) is 5.82 Å². The molecule has 0 radical (unpaired) electrons. The van der Waals surface area contributed by atoms with Crippen LogP contribution in [0.4, 0.5) is 0 Å². The smallest absolute Gasteiger partial charge is 0.290 e. The summed E-state index contributed by atoms with van der Waals surface area (Å²) >= 11 is 6.16. The number of rotatable bonds is 1. The van der Waals surface area contributed by atoms with Crippen LogP contribution in [0.2, 0.25) is 5.02 Å². The summed E-state index contributed by atoms with van der Waals surface area (Å²) in [5.41, 5.74) is 2.92. The number of aromatic amines is 1. The maximum Gasteiger partial charge on any atom is 0.290 e. The highest BCUT2D eigenvalue weighted by Crippen LogP contribution is 2.33. The lowest BCUT2D eigenvalue weighted by molar-refractivity contribution is 0.0598. The van der Waals surface area contributed by atoms with Crippen LogP contribution < -0.4 is 0 Å². The van der Waals surface area contributed by atoms with Crippen LogP contribution in [0.25, 0.3) is 11.0 Å². The molecule has 1 N–H and O–H groups in total. The van der Waals surface area contributed by atoms with Gasteiger partial charge in [-0.2, -0.15) is 5.26 Å². The predicted molar refractivity (Wildman–Crippen MR) is 94.4 cm³/mol. The second-order valence-corrected chi connectivity index (χ2v) is 6.74. The molecule has 0 bridgehead atoms. The molecule has 2 atom stereocenters. The molecule has 2 aromatic heterocycles. The van der Waals surface area contributed by atoms with Gasteiger partial charge in [0.2, 0.25) is 0 Å². The van der Waals surface area contributed by atoms with Crippen LogP contribution in [0.3, 0.4) is 0 Å². The fraction of sp³-hybridized carbons (Fsp3) is 0.278. The Bertz CT molecular complexity index is 1030. The van der Waals surface area contributed by atoms with Crippen molar-refractivity contribution in [3.05, 3.63) is 52.6 Å². The van der Waals surface area contributed by atoms with E-state index in [2.05, 4.69) is 16.0 Å². The van der Waals surface area contributed by atoms with Crippen LogP contribution in [0.1, 0.15) is 47.9 Å². The van der Waals surface area contributed by atoms with E-state index in [1.54, 1.807) is 17.0 Å². The van der Waals surface area contributed by atoms with E-state index in [1.807, 2.05) is 36.6 Å². The van der Waals surface area contributed by atoms with Crippen molar-refractivity contribution in [1.29, 1.82) is 5.26 Å². The highest BCUT2D eigenvalue weighted by molar-refractivity contribution is 6.35. The molecule has 1 aromatic carbocycles. The first-order valence-corrected chi connectivity index (χ1v) is 8.45. The molecule has 3 aromatic rings. The van der Waals surface area contributed by atoms with Crippen LogP contribution in [-0.4, -0.2) is 31.9 Å². The van der Waals surface area contributed by atoms with Crippen molar-refractivity contribution >= 4 is 28.5 Å². The lowest BCUT2D eigenvalue weighted by Gasteiger charge is -2.38. The molecule has 0 spiro atoms. The number of imidazole rings is 1. The molecule has 1 amide bonds. The molecule has 25 heavy (non-hydrogen) atoms. The highest BCUT2D eigenvalue weighted by Gasteiger charge is 2.34. The minimum Gasteiger partial charge on any atom is -0.334 e. The van der Waals surface area contributed by atoms with E-state index < -0.39 is 0 Å². The molecular weight excluding hydrogens is 338 g/mol. The lowest BCUT2D eigenvalue weighted by atomic mass is 10.1. The Morgan fingerprint density at radius 1 is 1.36 bits per heavy atom. The number of amides is 1. The van der Waals surface area contributed by atoms with E-state index >= 15 is 0 Å². The first-order valence-electron chi connectivity index (χ1n) is 8.07. The summed E-state index contributed by atoms with van der Waals surface area (Å²) in [6, 6.07) is 11.2. The molecule has 0 unspecified atom stereocenters. The summed E-state index contributed by atoms with van der Waals surface area (Å²) in [6.45, 7) is 4.49. The molecule has 1 aliphatic heterocycles. The van der Waals surface area contributed by atoms with Gasteiger partial charge in [0.25, 0.3) is 5.91 Å². The zero-order valence-electron chi connectivity index (χ0n) is 13.8. The highest BCUT2D eigenvalue weighted by atomic mass is 35.5. The number of H-pyrrole nitrogens is 1. The van der Waals surface area contributed by atoms with Crippen molar-refractivity contribution in [2.75, 3.05) is 6.54 Å². The molecule has 7 heteroatoms. The van der Waals surface area contributed by atoms with E-state index in [0.717, 1.165) is 11.2 Å². The lowest BCUT2D eigenvalue weighted by Crippen LogP contribution is -2.43. The monoisotopic (exact) mass is 353 g/mol. The Labute approximate surface area is 149 Å². The van der Waals surface area contributed by atoms with Crippen LogP contribution in [0.5, 0.6) is 0 Å². The number of nitrogens with one attached hydrogen (secondary N) is 1. The number of nitrogens with zero attached hydrogens (tertiary/aromatic N) is 4. The topological polar surface area (TPSA) is 77.7 Å². The molecule has 126 valence electrons. The summed E-state index contributed by atoms with van der Waals surface area (Å²) in [7, 11) is 0. The van der Waals surface area contributed by atoms with Crippen molar-refractivity contribution in [2.24, 2.45) is 0 Å². The molecule has 0 fully saturated rings. The SMILES string of the molecule is C[C@H]1c2ccc(C#N)n2[C@@H](C)CN1C(=O)c1nc2c(Cl)cccc2[nH]1. The van der Waals surface area contributed by atoms with E-state index in [0.29, 0.717) is 22.8 Å². The van der Waals surface area contributed by atoms with E-state index in [9.17, 15) is 10.1 Å². The number of carbonyl (C=O) groups excluding carboxylic acids is 1. The van der Waals surface area contributed by atoms with Crippen LogP contribution in [-0.2, 0) is 0 Å². The maximum atomic E-state index is 13.0. The molecule has 3 heterocycles. The standard InChI is InChI=1S/C18H16ClN5O/c1-10-9-23(11(2)15-7-6-12(8-20)24(10)15)18(25)17-21-14-5-3-4-13(19)16(14)22-17/h3-7,10-11H,9H2,1-2H3,(H,21,22)/t10-,11-/m0/s1. The Morgan fingerprint density at radius 3 is 2.88 bits per heavy atom. The van der Waals surface area contributed by atoms with Gasteiger partial charge in [-0.15, -0.1) is 0 Å². The molecule has 0 saturated heterocycles. The van der Waals surface area contributed by atoms with Gasteiger partial charge in [-0.3, -0.25) is 4.79 Å². The average molecular weight is 354 g/mol. The average Bonchev–Trinajstić information content (AvgIpc) is 3.22. The Hall–Kier alpha value is -2.78. The van der Waals surface area contributed by atoms with Gasteiger partial charge < -0.3 is 14.5 Å². The molecule has 4 rings (SSSR count). The molecule has 1 aliphatic rings. The van der Waals surface area contributed by atoms with Gasteiger partial charge in [0.05, 0.1) is 16.6 Å². The number of benzene rings is 1. The third kappa shape index (κ3) is 2.31. The van der Waals surface area contributed by atoms with E-state index in [-0.39, 0.29) is 23.8 Å². The normalized spacial score (nSPS) is 19.7. The second kappa shape index (κ2) is 5.64. The third-order valence-corrected chi connectivity index (χ3v) is 5.09. The van der Waals surface area contributed by atoms with Gasteiger partial charge in [-0.25, -0.2) is 4.98 Å². The summed E-state index contributed by atoms with van der Waals surface area (Å²) in [5, 5.41) is 9.78. The van der Waals surface area contributed by atoms with Gasteiger partial charge >= 0.3 is 0 Å². The summed E-state index contributed by atoms with van der Waals surface area (Å²) < 4.78 is 2.00. The fourth-order valence-corrected chi connectivity index (χ4v) is 3.78. The van der Waals surface area contributed by atoms with Gasteiger partial charge in [0.1, 0.15) is 17.3 Å². The summed E-state index contributed by atoms with van der Waals surface area (Å²) in [6.07, 6.45) is 0. The summed E-state index contributed by atoms with van der Waals surface area (Å²) in [5.74, 6) is 0.111. The first-order chi connectivity index (χ1) is 12.0. The number of carbonyl (C=O) groups is 1. The number of nitriles is 1. The van der Waals surface area contributed by atoms with Crippen molar-refractivity contribution in [3.63, 3.8) is 0 Å². The summed E-state index contributed by atoms with van der Waals surface area (Å²) in [4.78, 5) is 22.3. The van der Waals surface area contributed by atoms with Crippen molar-refractivity contribution in [2.45, 2.75) is 25.9 Å². The largest absolute Gasteiger partial charge is 0.334 e. The van der Waals surface area contributed by atoms with E-state index in [4.69, 9.17) is 11.6 Å². The molecule has 6 nitrogen and oxygen atoms in total. The Morgan fingerprint density at radius 2 is 2.16 bits per heavy atom. The zero-order valence-corrected chi connectivity index (χ0v) is 14.6. The van der Waals surface area contributed by atoms with Gasteiger partial charge in [-0.1, -0.05) is 17.7 Å². The number of halogens is 1. The number of fused-ring (bicyclic) bond motifs is 2. The zero-order chi connectivity index (χ0) is 17.7. The minimum absolute atomic E-state index is 0.0211. The van der Waals surface area contributed by atoms with E-state index in [1.165, 1.54) is 0 Å². The second-order valence-electron chi connectivity index (χ2n) is 6.33. The van der Waals surface area contributed by atoms with Gasteiger partial charge in [-0.05, 0) is 38.1 Å². The molecule has 0 saturated carbocycles. The quantitative estimate of drug-likeness (QED) is 0.725. The Balaban J connectivity index is 1.73. The predicted octanol–water partition coefficient (Wildman–Crippen LogP) is 3.67. The number of hydrogen-bond acceptors (Lipinski definition) is 3. The maximum absolute atomic E-state index is 13.0. The van der Waals surface area contributed by atoms with Crippen molar-refractivity contribution in [3.8, 4) is 6.07 Å². The van der Waals surface area contributed by atoms with Crippen LogP contribution in [0.15, 0.2) is 30.3 Å².